The first-order valence-electron chi connectivity index (χ1n) is 2.71. The summed E-state index contributed by atoms with van der Waals surface area (Å²) >= 11 is 6.82. The molecule has 0 bridgehead atoms. The van der Waals surface area contributed by atoms with Crippen LogP contribution in [0.15, 0.2) is 6.20 Å². The highest BCUT2D eigenvalue weighted by molar-refractivity contribution is 7.15. The summed E-state index contributed by atoms with van der Waals surface area (Å²) in [6.07, 6.45) is 1.58. The van der Waals surface area contributed by atoms with Crippen molar-refractivity contribution in [3.05, 3.63) is 15.5 Å². The predicted octanol–water partition coefficient (Wildman–Crippen LogP) is 0.789. The van der Waals surface area contributed by atoms with Crippen molar-refractivity contribution < 1.29 is 5.11 Å². The summed E-state index contributed by atoms with van der Waals surface area (Å²) in [5, 5.41) is 8.61. The second kappa shape index (κ2) is 3.30. The van der Waals surface area contributed by atoms with Gasteiger partial charge in [-0.05, 0) is 0 Å². The minimum atomic E-state index is -0.343. The van der Waals surface area contributed by atoms with E-state index in [4.69, 9.17) is 22.4 Å². The lowest BCUT2D eigenvalue weighted by atomic mass is 10.3. The summed E-state index contributed by atoms with van der Waals surface area (Å²) in [4.78, 5) is 4.59. The van der Waals surface area contributed by atoms with E-state index in [0.29, 0.717) is 4.47 Å². The van der Waals surface area contributed by atoms with Gasteiger partial charge in [0.2, 0.25) is 0 Å². The molecule has 1 aromatic heterocycles. The van der Waals surface area contributed by atoms with Crippen molar-refractivity contribution >= 4 is 22.9 Å². The fourth-order valence-corrected chi connectivity index (χ4v) is 1.47. The third-order valence-electron chi connectivity index (χ3n) is 1.06. The Morgan fingerprint density at radius 2 is 2.60 bits per heavy atom. The first kappa shape index (κ1) is 7.94. The number of hydrogen-bond donors (Lipinski definition) is 2. The quantitative estimate of drug-likeness (QED) is 0.704. The van der Waals surface area contributed by atoms with Crippen LogP contribution in [0.5, 0.6) is 0 Å². The maximum Gasteiger partial charge on any atom is 0.183 e. The van der Waals surface area contributed by atoms with Gasteiger partial charge in [0.1, 0.15) is 0 Å². The first-order chi connectivity index (χ1) is 4.74. The molecule has 0 aliphatic heterocycles. The maximum atomic E-state index is 8.61. The van der Waals surface area contributed by atoms with Gasteiger partial charge in [-0.25, -0.2) is 4.98 Å². The van der Waals surface area contributed by atoms with Crippen molar-refractivity contribution in [3.63, 3.8) is 0 Å². The zero-order chi connectivity index (χ0) is 7.56. The van der Waals surface area contributed by atoms with Crippen LogP contribution in [0.2, 0.25) is 4.47 Å². The van der Waals surface area contributed by atoms with Crippen LogP contribution in [0.25, 0.3) is 0 Å². The molecule has 0 spiro atoms. The minimum Gasteiger partial charge on any atom is -0.394 e. The van der Waals surface area contributed by atoms with Crippen molar-refractivity contribution in [2.45, 2.75) is 6.04 Å². The summed E-state index contributed by atoms with van der Waals surface area (Å²) < 4.78 is 0.457. The Morgan fingerprint density at radius 3 is 3.00 bits per heavy atom. The molecule has 3 nitrogen and oxygen atoms in total. The van der Waals surface area contributed by atoms with Gasteiger partial charge in [-0.3, -0.25) is 0 Å². The average Bonchev–Trinajstić information content (AvgIpc) is 2.34. The lowest BCUT2D eigenvalue weighted by Crippen LogP contribution is -2.12. The van der Waals surface area contributed by atoms with E-state index in [-0.39, 0.29) is 12.6 Å². The van der Waals surface area contributed by atoms with E-state index < -0.39 is 0 Å². The van der Waals surface area contributed by atoms with E-state index in [1.807, 2.05) is 0 Å². The molecule has 56 valence electrons. The van der Waals surface area contributed by atoms with Crippen LogP contribution in [0.3, 0.4) is 0 Å². The van der Waals surface area contributed by atoms with Crippen molar-refractivity contribution in [1.29, 1.82) is 0 Å². The van der Waals surface area contributed by atoms with Gasteiger partial charge in [0.05, 0.1) is 12.6 Å². The first-order valence-corrected chi connectivity index (χ1v) is 3.91. The van der Waals surface area contributed by atoms with Crippen LogP contribution in [0, 0.1) is 0 Å². The summed E-state index contributed by atoms with van der Waals surface area (Å²) in [6.45, 7) is -0.0709. The highest BCUT2D eigenvalue weighted by Gasteiger charge is 2.06. The highest BCUT2D eigenvalue weighted by Crippen LogP contribution is 2.21. The van der Waals surface area contributed by atoms with Gasteiger partial charge in [-0.15, -0.1) is 11.3 Å². The second-order valence-corrected chi connectivity index (χ2v) is 3.45. The summed E-state index contributed by atoms with van der Waals surface area (Å²) in [5.41, 5.74) is 5.47. The Morgan fingerprint density at radius 1 is 1.90 bits per heavy atom. The zero-order valence-electron chi connectivity index (χ0n) is 5.12. The van der Waals surface area contributed by atoms with Crippen LogP contribution in [0.4, 0.5) is 0 Å². The van der Waals surface area contributed by atoms with Crippen molar-refractivity contribution in [1.82, 2.24) is 4.98 Å². The van der Waals surface area contributed by atoms with Crippen LogP contribution in [0.1, 0.15) is 10.9 Å². The molecule has 0 aliphatic rings. The molecular formula is C5H7ClN2OS. The standard InChI is InChI=1S/C5H7ClN2OS/c6-5-8-1-4(10-5)3(7)2-9/h1,3,9H,2,7H2/t3-/m1/s1. The van der Waals surface area contributed by atoms with Gasteiger partial charge >= 0.3 is 0 Å². The molecule has 1 rings (SSSR count). The highest BCUT2D eigenvalue weighted by atomic mass is 35.5. The van der Waals surface area contributed by atoms with Gasteiger partial charge in [-0.1, -0.05) is 11.6 Å². The molecule has 0 unspecified atom stereocenters. The molecule has 0 amide bonds. The van der Waals surface area contributed by atoms with E-state index in [0.717, 1.165) is 4.88 Å². The largest absolute Gasteiger partial charge is 0.394 e. The van der Waals surface area contributed by atoms with Gasteiger partial charge in [0, 0.05) is 11.1 Å². The number of hydrogen-bond acceptors (Lipinski definition) is 4. The van der Waals surface area contributed by atoms with E-state index in [1.165, 1.54) is 11.3 Å². The SMILES string of the molecule is N[C@H](CO)c1cnc(Cl)s1. The molecule has 0 aliphatic carbocycles. The van der Waals surface area contributed by atoms with Crippen molar-refractivity contribution in [2.24, 2.45) is 5.73 Å². The second-order valence-electron chi connectivity index (χ2n) is 1.80. The molecular weight excluding hydrogens is 172 g/mol. The van der Waals surface area contributed by atoms with Gasteiger partial charge in [-0.2, -0.15) is 0 Å². The maximum absolute atomic E-state index is 8.61. The number of aliphatic hydroxyl groups excluding tert-OH is 1. The van der Waals surface area contributed by atoms with E-state index in [1.54, 1.807) is 6.20 Å². The third kappa shape index (κ3) is 1.67. The summed E-state index contributed by atoms with van der Waals surface area (Å²) in [5.74, 6) is 0. The number of aliphatic hydroxyl groups is 1. The molecule has 5 heteroatoms. The lowest BCUT2D eigenvalue weighted by molar-refractivity contribution is 0.269. The molecule has 1 atom stereocenters. The molecule has 0 fully saturated rings. The number of nitrogens with zero attached hydrogens (tertiary/aromatic N) is 1. The Bertz CT molecular complexity index is 215. The predicted molar refractivity (Wildman–Crippen MR) is 41.1 cm³/mol. The number of thiazole rings is 1. The molecule has 10 heavy (non-hydrogen) atoms. The number of halogens is 1. The molecule has 1 heterocycles. The van der Waals surface area contributed by atoms with E-state index in [2.05, 4.69) is 4.98 Å². The Labute approximate surface area is 67.5 Å². The zero-order valence-corrected chi connectivity index (χ0v) is 6.69. The smallest absolute Gasteiger partial charge is 0.183 e. The van der Waals surface area contributed by atoms with Crippen LogP contribution in [-0.4, -0.2) is 16.7 Å². The topological polar surface area (TPSA) is 59.1 Å². The molecule has 1 aromatic rings. The van der Waals surface area contributed by atoms with Crippen LogP contribution >= 0.6 is 22.9 Å². The summed E-state index contributed by atoms with van der Waals surface area (Å²) in [6, 6.07) is -0.343. The van der Waals surface area contributed by atoms with Gasteiger partial charge in [0.25, 0.3) is 0 Å². The van der Waals surface area contributed by atoms with Crippen molar-refractivity contribution in [2.75, 3.05) is 6.61 Å². The van der Waals surface area contributed by atoms with Crippen LogP contribution in [-0.2, 0) is 0 Å². The normalized spacial score (nSPS) is 13.5. The third-order valence-corrected chi connectivity index (χ3v) is 2.30. The minimum absolute atomic E-state index is 0.0709. The number of rotatable bonds is 2. The van der Waals surface area contributed by atoms with Gasteiger partial charge in [0.15, 0.2) is 4.47 Å². The number of nitrogens with two attached hydrogens (primary N) is 1. The molecule has 0 saturated carbocycles. The Kier molecular flexibility index (Phi) is 2.62. The fourth-order valence-electron chi connectivity index (χ4n) is 0.526. The average molecular weight is 179 g/mol. The Hall–Kier alpha value is -0.160. The van der Waals surface area contributed by atoms with Gasteiger partial charge < -0.3 is 10.8 Å². The van der Waals surface area contributed by atoms with E-state index >= 15 is 0 Å². The van der Waals surface area contributed by atoms with E-state index in [9.17, 15) is 0 Å². The monoisotopic (exact) mass is 178 g/mol. The lowest BCUT2D eigenvalue weighted by Gasteiger charge is -2.01. The summed E-state index contributed by atoms with van der Waals surface area (Å²) in [7, 11) is 0. The molecule has 0 radical (unpaired) electrons. The van der Waals surface area contributed by atoms with Crippen LogP contribution < -0.4 is 5.73 Å². The fraction of sp³-hybridized carbons (Fsp3) is 0.400. The molecule has 3 N–H and O–H groups in total. The Balaban J connectivity index is 2.74. The van der Waals surface area contributed by atoms with Crippen molar-refractivity contribution in [3.8, 4) is 0 Å². The molecule has 0 saturated heterocycles. The molecule has 0 aromatic carbocycles. The number of aromatic nitrogens is 1.